The van der Waals surface area contributed by atoms with E-state index >= 15 is 0 Å². The van der Waals surface area contributed by atoms with Crippen molar-refractivity contribution >= 4 is 33.7 Å². The first-order valence-corrected chi connectivity index (χ1v) is 7.31. The highest BCUT2D eigenvalue weighted by Crippen LogP contribution is 2.25. The summed E-state index contributed by atoms with van der Waals surface area (Å²) in [7, 11) is 0. The van der Waals surface area contributed by atoms with Crippen LogP contribution in [0.25, 0.3) is 22.4 Å². The van der Waals surface area contributed by atoms with Gasteiger partial charge in [0.2, 0.25) is 0 Å². The fourth-order valence-corrected chi connectivity index (χ4v) is 2.85. The molecule has 0 spiro atoms. The lowest BCUT2D eigenvalue weighted by molar-refractivity contribution is 0.367. The maximum atomic E-state index is 8.61. The van der Waals surface area contributed by atoms with Gasteiger partial charge >= 0.3 is 0 Å². The summed E-state index contributed by atoms with van der Waals surface area (Å²) >= 11 is 1.65. The number of ether oxygens (including phenoxy) is 1. The van der Waals surface area contributed by atoms with Crippen molar-refractivity contribution in [1.82, 2.24) is 4.98 Å². The quantitative estimate of drug-likeness (QED) is 0.717. The Bertz CT molecular complexity index is 797. The Balaban J connectivity index is 1.87. The van der Waals surface area contributed by atoms with E-state index in [0.717, 1.165) is 16.1 Å². The van der Waals surface area contributed by atoms with E-state index in [-0.39, 0.29) is 6.61 Å². The predicted molar refractivity (Wildman–Crippen MR) is 86.1 cm³/mol. The molecular formula is C17H12N2OS. The van der Waals surface area contributed by atoms with Gasteiger partial charge in [0.1, 0.15) is 16.8 Å². The van der Waals surface area contributed by atoms with Crippen molar-refractivity contribution < 1.29 is 4.74 Å². The van der Waals surface area contributed by atoms with Crippen LogP contribution in [0.2, 0.25) is 0 Å². The van der Waals surface area contributed by atoms with Crippen molar-refractivity contribution in [3.8, 4) is 11.8 Å². The lowest BCUT2D eigenvalue weighted by Gasteiger charge is -2.04. The van der Waals surface area contributed by atoms with Crippen LogP contribution in [0.5, 0.6) is 5.75 Å². The highest BCUT2D eigenvalue weighted by molar-refractivity contribution is 7.19. The van der Waals surface area contributed by atoms with Gasteiger partial charge < -0.3 is 4.74 Å². The monoisotopic (exact) mass is 292 g/mol. The molecule has 0 fully saturated rings. The van der Waals surface area contributed by atoms with Gasteiger partial charge in [-0.15, -0.1) is 11.3 Å². The third kappa shape index (κ3) is 3.10. The second kappa shape index (κ2) is 6.21. The maximum absolute atomic E-state index is 8.61. The first-order valence-electron chi connectivity index (χ1n) is 6.49. The molecule has 3 nitrogen and oxygen atoms in total. The summed E-state index contributed by atoms with van der Waals surface area (Å²) in [6.45, 7) is 0.0476. The molecule has 0 amide bonds. The Kier molecular flexibility index (Phi) is 3.95. The first-order chi connectivity index (χ1) is 10.4. The summed E-state index contributed by atoms with van der Waals surface area (Å²) in [5, 5.41) is 9.56. The Morgan fingerprint density at radius 1 is 1.10 bits per heavy atom. The zero-order valence-electron chi connectivity index (χ0n) is 11.2. The van der Waals surface area contributed by atoms with Crippen LogP contribution in [0.4, 0.5) is 0 Å². The third-order valence-corrected chi connectivity index (χ3v) is 3.93. The van der Waals surface area contributed by atoms with E-state index < -0.39 is 0 Å². The molecule has 0 aliphatic heterocycles. The molecule has 3 aromatic rings. The number of fused-ring (bicyclic) bond motifs is 1. The topological polar surface area (TPSA) is 45.9 Å². The number of para-hydroxylation sites is 2. The third-order valence-electron chi connectivity index (χ3n) is 2.93. The van der Waals surface area contributed by atoms with Crippen molar-refractivity contribution in [2.75, 3.05) is 6.61 Å². The zero-order chi connectivity index (χ0) is 14.5. The maximum Gasteiger partial charge on any atom is 0.174 e. The van der Waals surface area contributed by atoms with Crippen LogP contribution in [0.15, 0.2) is 48.5 Å². The van der Waals surface area contributed by atoms with Crippen molar-refractivity contribution in [3.63, 3.8) is 0 Å². The SMILES string of the molecule is N#CCOc1ccccc1C=Cc1nc2ccccc2s1. The highest BCUT2D eigenvalue weighted by atomic mass is 32.1. The number of nitriles is 1. The van der Waals surface area contributed by atoms with Gasteiger partial charge in [0.25, 0.3) is 0 Å². The van der Waals surface area contributed by atoms with Crippen molar-refractivity contribution in [2.24, 2.45) is 0 Å². The number of hydrogen-bond donors (Lipinski definition) is 0. The van der Waals surface area contributed by atoms with Gasteiger partial charge in [0, 0.05) is 5.56 Å². The molecule has 2 aromatic carbocycles. The number of hydrogen-bond acceptors (Lipinski definition) is 4. The second-order valence-electron chi connectivity index (χ2n) is 4.34. The van der Waals surface area contributed by atoms with Crippen LogP contribution in [0, 0.1) is 11.3 Å². The van der Waals surface area contributed by atoms with Crippen LogP contribution < -0.4 is 4.74 Å². The van der Waals surface area contributed by atoms with Gasteiger partial charge in [0.05, 0.1) is 10.2 Å². The molecular weight excluding hydrogens is 280 g/mol. The number of nitrogens with zero attached hydrogens (tertiary/aromatic N) is 2. The standard InChI is InChI=1S/C17H12N2OS/c18-11-12-20-15-7-3-1-5-13(15)9-10-17-19-14-6-2-4-8-16(14)21-17/h1-10H,12H2. The van der Waals surface area contributed by atoms with E-state index in [9.17, 15) is 0 Å². The zero-order valence-corrected chi connectivity index (χ0v) is 12.0. The largest absolute Gasteiger partial charge is 0.478 e. The van der Waals surface area contributed by atoms with Crippen molar-refractivity contribution in [2.45, 2.75) is 0 Å². The van der Waals surface area contributed by atoms with E-state index in [1.54, 1.807) is 11.3 Å². The van der Waals surface area contributed by atoms with Crippen LogP contribution in [0.3, 0.4) is 0 Å². The molecule has 0 N–H and O–H groups in total. The molecule has 4 heteroatoms. The van der Waals surface area contributed by atoms with Gasteiger partial charge in [0.15, 0.2) is 6.61 Å². The molecule has 1 heterocycles. The van der Waals surface area contributed by atoms with Gasteiger partial charge in [-0.1, -0.05) is 30.3 Å². The minimum atomic E-state index is 0.0476. The van der Waals surface area contributed by atoms with E-state index in [4.69, 9.17) is 10.00 Å². The fourth-order valence-electron chi connectivity index (χ4n) is 1.98. The molecule has 0 aliphatic rings. The normalized spacial score (nSPS) is 10.8. The number of thiazole rings is 1. The summed E-state index contributed by atoms with van der Waals surface area (Å²) in [6, 6.07) is 17.7. The van der Waals surface area contributed by atoms with Crippen molar-refractivity contribution in [1.29, 1.82) is 5.26 Å². The lowest BCUT2D eigenvalue weighted by atomic mass is 10.2. The first kappa shape index (κ1) is 13.3. The van der Waals surface area contributed by atoms with Crippen LogP contribution in [0.1, 0.15) is 10.6 Å². The number of benzene rings is 2. The molecule has 1 aromatic heterocycles. The Labute approximate surface area is 126 Å². The smallest absolute Gasteiger partial charge is 0.174 e. The van der Waals surface area contributed by atoms with E-state index in [1.807, 2.05) is 60.7 Å². The van der Waals surface area contributed by atoms with Crippen LogP contribution >= 0.6 is 11.3 Å². The van der Waals surface area contributed by atoms with Gasteiger partial charge in [-0.25, -0.2) is 4.98 Å². The summed E-state index contributed by atoms with van der Waals surface area (Å²) < 4.78 is 6.58. The van der Waals surface area contributed by atoms with Gasteiger partial charge in [-0.2, -0.15) is 5.26 Å². The Morgan fingerprint density at radius 3 is 2.76 bits per heavy atom. The lowest BCUT2D eigenvalue weighted by Crippen LogP contribution is -1.94. The van der Waals surface area contributed by atoms with Crippen LogP contribution in [-0.4, -0.2) is 11.6 Å². The molecule has 0 unspecified atom stereocenters. The average molecular weight is 292 g/mol. The predicted octanol–water partition coefficient (Wildman–Crippen LogP) is 4.37. The Morgan fingerprint density at radius 2 is 1.90 bits per heavy atom. The van der Waals surface area contributed by atoms with E-state index in [0.29, 0.717) is 5.75 Å². The number of aromatic nitrogens is 1. The summed E-state index contributed by atoms with van der Waals surface area (Å²) in [5.74, 6) is 0.705. The fraction of sp³-hybridized carbons (Fsp3) is 0.0588. The minimum Gasteiger partial charge on any atom is -0.478 e. The average Bonchev–Trinajstić information content (AvgIpc) is 2.94. The number of rotatable bonds is 4. The minimum absolute atomic E-state index is 0.0476. The summed E-state index contributed by atoms with van der Waals surface area (Å²) in [5.41, 5.74) is 1.95. The summed E-state index contributed by atoms with van der Waals surface area (Å²) in [4.78, 5) is 4.56. The molecule has 0 saturated heterocycles. The molecule has 3 rings (SSSR count). The van der Waals surface area contributed by atoms with E-state index in [1.165, 1.54) is 4.70 Å². The second-order valence-corrected chi connectivity index (χ2v) is 5.40. The molecule has 0 radical (unpaired) electrons. The summed E-state index contributed by atoms with van der Waals surface area (Å²) in [6.07, 6.45) is 3.93. The Hall–Kier alpha value is -2.64. The van der Waals surface area contributed by atoms with Gasteiger partial charge in [-0.05, 0) is 30.4 Å². The van der Waals surface area contributed by atoms with Gasteiger partial charge in [-0.3, -0.25) is 0 Å². The molecule has 0 bridgehead atoms. The molecule has 0 aliphatic carbocycles. The highest BCUT2D eigenvalue weighted by Gasteiger charge is 2.02. The van der Waals surface area contributed by atoms with E-state index in [2.05, 4.69) is 11.1 Å². The van der Waals surface area contributed by atoms with Crippen LogP contribution in [-0.2, 0) is 0 Å². The molecule has 21 heavy (non-hydrogen) atoms. The van der Waals surface area contributed by atoms with Crippen molar-refractivity contribution in [3.05, 3.63) is 59.1 Å². The molecule has 0 saturated carbocycles. The molecule has 102 valence electrons. The molecule has 0 atom stereocenters.